The summed E-state index contributed by atoms with van der Waals surface area (Å²) in [5.41, 5.74) is 6.60. The van der Waals surface area contributed by atoms with Gasteiger partial charge < -0.3 is 10.6 Å². The molecule has 0 saturated heterocycles. The number of anilines is 1. The molecule has 1 rings (SSSR count). The number of aromatic nitrogens is 1. The molecule has 1 aromatic heterocycles. The van der Waals surface area contributed by atoms with Gasteiger partial charge in [-0.05, 0) is 6.07 Å². The van der Waals surface area contributed by atoms with Crippen LogP contribution in [0.4, 0.5) is 5.82 Å². The van der Waals surface area contributed by atoms with Gasteiger partial charge in [-0.3, -0.25) is 0 Å². The normalized spacial score (nSPS) is 8.23. The second kappa shape index (κ2) is 6.95. The molecule has 2 N–H and O–H groups in total. The summed E-state index contributed by atoms with van der Waals surface area (Å²) in [5, 5.41) is 0. The van der Waals surface area contributed by atoms with Crippen LogP contribution >= 0.6 is 24.8 Å². The van der Waals surface area contributed by atoms with Gasteiger partial charge in [-0.15, -0.1) is 24.8 Å². The first-order valence-corrected chi connectivity index (χ1v) is 3.57. The van der Waals surface area contributed by atoms with E-state index in [0.29, 0.717) is 6.54 Å². The van der Waals surface area contributed by atoms with E-state index in [4.69, 9.17) is 5.73 Å². The molecule has 5 heteroatoms. The van der Waals surface area contributed by atoms with Crippen molar-refractivity contribution < 1.29 is 0 Å². The third-order valence-electron chi connectivity index (χ3n) is 1.51. The second-order valence-electron chi connectivity index (χ2n) is 2.58. The molecule has 0 amide bonds. The van der Waals surface area contributed by atoms with Crippen LogP contribution in [0.3, 0.4) is 0 Å². The zero-order valence-corrected chi connectivity index (χ0v) is 9.36. The van der Waals surface area contributed by atoms with Gasteiger partial charge in [-0.1, -0.05) is 6.07 Å². The smallest absolute Gasteiger partial charge is 0.132 e. The highest BCUT2D eigenvalue weighted by Gasteiger charge is 2.01. The van der Waals surface area contributed by atoms with Crippen LogP contribution in [0, 0.1) is 0 Å². The molecular weight excluding hydrogens is 209 g/mol. The fraction of sp³-hybridized carbons (Fsp3) is 0.375. The lowest BCUT2D eigenvalue weighted by atomic mass is 10.2. The van der Waals surface area contributed by atoms with Crippen molar-refractivity contribution in [2.75, 3.05) is 19.0 Å². The quantitative estimate of drug-likeness (QED) is 0.826. The molecule has 76 valence electrons. The maximum absolute atomic E-state index is 5.52. The Labute approximate surface area is 91.2 Å². The Hall–Kier alpha value is -0.510. The van der Waals surface area contributed by atoms with Gasteiger partial charge in [0.15, 0.2) is 0 Å². The molecule has 1 aromatic rings. The highest BCUT2D eigenvalue weighted by atomic mass is 35.5. The topological polar surface area (TPSA) is 42.2 Å². The Morgan fingerprint density at radius 2 is 2.00 bits per heavy atom. The second-order valence-corrected chi connectivity index (χ2v) is 2.58. The van der Waals surface area contributed by atoms with Crippen molar-refractivity contribution in [3.05, 3.63) is 23.9 Å². The van der Waals surface area contributed by atoms with Gasteiger partial charge in [0, 0.05) is 32.4 Å². The molecule has 0 aliphatic heterocycles. The van der Waals surface area contributed by atoms with Crippen molar-refractivity contribution in [2.45, 2.75) is 6.54 Å². The highest BCUT2D eigenvalue weighted by Crippen LogP contribution is 2.12. The lowest BCUT2D eigenvalue weighted by molar-refractivity contribution is 0.986. The van der Waals surface area contributed by atoms with E-state index >= 15 is 0 Å². The molecule has 13 heavy (non-hydrogen) atoms. The Kier molecular flexibility index (Phi) is 8.01. The lowest BCUT2D eigenvalue weighted by Gasteiger charge is -2.14. The molecule has 0 saturated carbocycles. The average Bonchev–Trinajstić information content (AvgIpc) is 2.04. The standard InChI is InChI=1S/C8H13N3.2ClH/c1-11(2)8-7(6-9)4-3-5-10-8;;/h3-5H,6,9H2,1-2H3;2*1H. The van der Waals surface area contributed by atoms with E-state index in [-0.39, 0.29) is 24.8 Å². The summed E-state index contributed by atoms with van der Waals surface area (Å²) in [6, 6.07) is 3.89. The van der Waals surface area contributed by atoms with Crippen LogP contribution in [0.2, 0.25) is 0 Å². The molecule has 3 nitrogen and oxygen atoms in total. The molecule has 0 aliphatic carbocycles. The van der Waals surface area contributed by atoms with Crippen LogP contribution in [-0.2, 0) is 6.54 Å². The van der Waals surface area contributed by atoms with E-state index in [9.17, 15) is 0 Å². The Balaban J connectivity index is 0. The first kappa shape index (κ1) is 15.0. The molecule has 0 atom stereocenters. The molecule has 0 unspecified atom stereocenters. The minimum atomic E-state index is 0. The van der Waals surface area contributed by atoms with Crippen molar-refractivity contribution in [2.24, 2.45) is 5.73 Å². The van der Waals surface area contributed by atoms with Crippen molar-refractivity contribution in [1.82, 2.24) is 4.98 Å². The average molecular weight is 224 g/mol. The third kappa shape index (κ3) is 3.81. The molecular formula is C8H15Cl2N3. The van der Waals surface area contributed by atoms with Gasteiger partial charge in [-0.25, -0.2) is 4.98 Å². The van der Waals surface area contributed by atoms with E-state index in [2.05, 4.69) is 4.98 Å². The summed E-state index contributed by atoms with van der Waals surface area (Å²) in [7, 11) is 3.92. The fourth-order valence-corrected chi connectivity index (χ4v) is 0.992. The van der Waals surface area contributed by atoms with Gasteiger partial charge in [0.2, 0.25) is 0 Å². The first-order chi connectivity index (χ1) is 5.25. The summed E-state index contributed by atoms with van der Waals surface area (Å²) in [6.07, 6.45) is 1.77. The zero-order valence-electron chi connectivity index (χ0n) is 7.73. The summed E-state index contributed by atoms with van der Waals surface area (Å²) >= 11 is 0. The van der Waals surface area contributed by atoms with Crippen LogP contribution in [-0.4, -0.2) is 19.1 Å². The number of halogens is 2. The van der Waals surface area contributed by atoms with Gasteiger partial charge in [0.1, 0.15) is 5.82 Å². The SMILES string of the molecule is CN(C)c1ncccc1CN.Cl.Cl. The van der Waals surface area contributed by atoms with E-state index in [1.165, 1.54) is 0 Å². The molecule has 0 spiro atoms. The third-order valence-corrected chi connectivity index (χ3v) is 1.51. The molecule has 0 bridgehead atoms. The lowest BCUT2D eigenvalue weighted by Crippen LogP contribution is -2.14. The predicted molar refractivity (Wildman–Crippen MR) is 61.0 cm³/mol. The Bertz CT molecular complexity index is 241. The van der Waals surface area contributed by atoms with E-state index < -0.39 is 0 Å². The van der Waals surface area contributed by atoms with Crippen LogP contribution in [0.15, 0.2) is 18.3 Å². The molecule has 0 radical (unpaired) electrons. The Morgan fingerprint density at radius 3 is 2.38 bits per heavy atom. The molecule has 0 aromatic carbocycles. The largest absolute Gasteiger partial charge is 0.362 e. The number of nitrogens with two attached hydrogens (primary N) is 1. The number of nitrogens with zero attached hydrogens (tertiary/aromatic N) is 2. The van der Waals surface area contributed by atoms with Crippen molar-refractivity contribution in [3.63, 3.8) is 0 Å². The maximum Gasteiger partial charge on any atom is 0.132 e. The van der Waals surface area contributed by atoms with Crippen molar-refractivity contribution >= 4 is 30.6 Å². The van der Waals surface area contributed by atoms with Crippen LogP contribution in [0.1, 0.15) is 5.56 Å². The van der Waals surface area contributed by atoms with Crippen LogP contribution < -0.4 is 10.6 Å². The first-order valence-electron chi connectivity index (χ1n) is 3.57. The molecule has 1 heterocycles. The highest BCUT2D eigenvalue weighted by molar-refractivity contribution is 5.85. The van der Waals surface area contributed by atoms with Gasteiger partial charge in [0.05, 0.1) is 0 Å². The minimum absolute atomic E-state index is 0. The van der Waals surface area contributed by atoms with E-state index in [0.717, 1.165) is 11.4 Å². The summed E-state index contributed by atoms with van der Waals surface area (Å²) in [4.78, 5) is 6.16. The van der Waals surface area contributed by atoms with Crippen LogP contribution in [0.5, 0.6) is 0 Å². The molecule has 0 aliphatic rings. The molecule has 0 fully saturated rings. The number of rotatable bonds is 2. The van der Waals surface area contributed by atoms with E-state index in [1.807, 2.05) is 31.1 Å². The maximum atomic E-state index is 5.52. The zero-order chi connectivity index (χ0) is 8.27. The monoisotopic (exact) mass is 223 g/mol. The minimum Gasteiger partial charge on any atom is -0.362 e. The summed E-state index contributed by atoms with van der Waals surface area (Å²) in [5.74, 6) is 0.954. The fourth-order valence-electron chi connectivity index (χ4n) is 0.992. The van der Waals surface area contributed by atoms with Crippen molar-refractivity contribution in [1.29, 1.82) is 0 Å². The summed E-state index contributed by atoms with van der Waals surface area (Å²) in [6.45, 7) is 0.543. The van der Waals surface area contributed by atoms with Gasteiger partial charge in [0.25, 0.3) is 0 Å². The van der Waals surface area contributed by atoms with Crippen molar-refractivity contribution in [3.8, 4) is 0 Å². The predicted octanol–water partition coefficient (Wildman–Crippen LogP) is 1.45. The number of hydrogen-bond donors (Lipinski definition) is 1. The summed E-state index contributed by atoms with van der Waals surface area (Å²) < 4.78 is 0. The van der Waals surface area contributed by atoms with Gasteiger partial charge >= 0.3 is 0 Å². The number of hydrogen-bond acceptors (Lipinski definition) is 3. The number of pyridine rings is 1. The van der Waals surface area contributed by atoms with E-state index in [1.54, 1.807) is 6.20 Å². The Morgan fingerprint density at radius 1 is 1.38 bits per heavy atom. The van der Waals surface area contributed by atoms with Gasteiger partial charge in [-0.2, -0.15) is 0 Å². The van der Waals surface area contributed by atoms with Crippen LogP contribution in [0.25, 0.3) is 0 Å².